The average molecular weight is 402 g/mol. The molecule has 146 valence electrons. The highest BCUT2D eigenvalue weighted by Crippen LogP contribution is 2.45. The average Bonchev–Trinajstić information content (AvgIpc) is 2.80. The summed E-state index contributed by atoms with van der Waals surface area (Å²) in [5.74, 6) is 0.876. The molecule has 4 rings (SSSR count). The Morgan fingerprint density at radius 2 is 0.931 bits per heavy atom. The van der Waals surface area contributed by atoms with Crippen molar-refractivity contribution in [2.45, 2.75) is 6.54 Å². The number of hydrogen-bond acceptors (Lipinski definition) is 1. The summed E-state index contributed by atoms with van der Waals surface area (Å²) in [6, 6.07) is 40.5. The predicted octanol–water partition coefficient (Wildman–Crippen LogP) is 3.87. The third kappa shape index (κ3) is 4.19. The smallest absolute Gasteiger partial charge is 0.143 e. The Labute approximate surface area is 179 Å². The van der Waals surface area contributed by atoms with Crippen LogP contribution in [0.2, 0.25) is 0 Å². The first kappa shape index (κ1) is 20.7. The molecule has 0 spiro atoms. The Kier molecular flexibility index (Phi) is 6.71. The van der Waals surface area contributed by atoms with E-state index in [2.05, 4.69) is 103 Å². The molecule has 0 aliphatic heterocycles. The fraction of sp³-hybridized carbons (Fsp3) is 0.0769. The molecule has 4 aromatic carbocycles. The predicted molar refractivity (Wildman–Crippen MR) is 117 cm³/mol. The van der Waals surface area contributed by atoms with Gasteiger partial charge in [0.2, 0.25) is 0 Å². The van der Waals surface area contributed by atoms with Crippen molar-refractivity contribution in [2.24, 2.45) is 0 Å². The number of rotatable bonds is 6. The maximum absolute atomic E-state index is 5.35. The lowest BCUT2D eigenvalue weighted by Gasteiger charge is -2.37. The molecule has 0 saturated heterocycles. The third-order valence-corrected chi connectivity index (χ3v) is 5.17. The summed E-state index contributed by atoms with van der Waals surface area (Å²) in [6.45, 7) is 0.808. The lowest BCUT2D eigenvalue weighted by molar-refractivity contribution is -0.00000579. The molecule has 2 nitrogen and oxygen atoms in total. The van der Waals surface area contributed by atoms with E-state index in [0.29, 0.717) is 4.48 Å². The Hall–Kier alpha value is -3.07. The standard InChI is InChI=1S/C26H24NO.ClH/c1-28-26-19-17-22(18-20-26)21-27(23-11-5-2-6-12-23,24-13-7-3-8-14-24)25-15-9-4-10-16-25;/h2-20H,21H2,1H3;1H/q+1;/p-1. The summed E-state index contributed by atoms with van der Waals surface area (Å²) < 4.78 is 5.97. The number of methoxy groups -OCH3 is 1. The van der Waals surface area contributed by atoms with Crippen molar-refractivity contribution in [2.75, 3.05) is 7.11 Å². The van der Waals surface area contributed by atoms with E-state index in [0.717, 1.165) is 12.3 Å². The van der Waals surface area contributed by atoms with Crippen LogP contribution in [0, 0.1) is 0 Å². The van der Waals surface area contributed by atoms with Gasteiger partial charge in [-0.25, -0.2) is 4.48 Å². The number of benzene rings is 4. The molecule has 0 N–H and O–H groups in total. The maximum atomic E-state index is 5.35. The second-order valence-corrected chi connectivity index (χ2v) is 6.82. The van der Waals surface area contributed by atoms with E-state index in [1.54, 1.807) is 7.11 Å². The number of nitrogens with zero attached hydrogens (tertiary/aromatic N) is 1. The van der Waals surface area contributed by atoms with Gasteiger partial charge in [-0.15, -0.1) is 0 Å². The van der Waals surface area contributed by atoms with Crippen molar-refractivity contribution < 1.29 is 17.1 Å². The van der Waals surface area contributed by atoms with Gasteiger partial charge in [-0.05, 0) is 60.7 Å². The van der Waals surface area contributed by atoms with Gasteiger partial charge in [0.25, 0.3) is 0 Å². The van der Waals surface area contributed by atoms with Crippen LogP contribution in [0.5, 0.6) is 5.75 Å². The number of hydrogen-bond donors (Lipinski definition) is 0. The molecule has 0 unspecified atom stereocenters. The van der Waals surface area contributed by atoms with Crippen molar-refractivity contribution in [3.8, 4) is 5.75 Å². The van der Waals surface area contributed by atoms with E-state index in [9.17, 15) is 0 Å². The summed E-state index contributed by atoms with van der Waals surface area (Å²) >= 11 is 0. The van der Waals surface area contributed by atoms with E-state index < -0.39 is 0 Å². The molecule has 0 fully saturated rings. The van der Waals surface area contributed by atoms with Crippen LogP contribution in [0.4, 0.5) is 17.1 Å². The zero-order chi connectivity index (χ0) is 19.2. The third-order valence-electron chi connectivity index (χ3n) is 5.17. The van der Waals surface area contributed by atoms with Gasteiger partial charge >= 0.3 is 0 Å². The van der Waals surface area contributed by atoms with E-state index in [4.69, 9.17) is 4.74 Å². The van der Waals surface area contributed by atoms with Gasteiger partial charge in [0.1, 0.15) is 29.4 Å². The Balaban J connectivity index is 0.00000240. The van der Waals surface area contributed by atoms with Crippen LogP contribution in [0.1, 0.15) is 5.56 Å². The maximum Gasteiger partial charge on any atom is 0.143 e. The lowest BCUT2D eigenvalue weighted by Crippen LogP contribution is -3.00. The number of para-hydroxylation sites is 3. The molecule has 0 amide bonds. The molecule has 0 aliphatic carbocycles. The summed E-state index contributed by atoms with van der Waals surface area (Å²) in [6.07, 6.45) is 0. The molecule has 29 heavy (non-hydrogen) atoms. The number of quaternary nitrogens is 1. The SMILES string of the molecule is COc1ccc(C[N+](c2ccccc2)(c2ccccc2)c2ccccc2)cc1.[Cl-]. The van der Waals surface area contributed by atoms with Crippen LogP contribution in [0.25, 0.3) is 0 Å². The van der Waals surface area contributed by atoms with E-state index in [1.807, 2.05) is 12.1 Å². The minimum atomic E-state index is 0. The summed E-state index contributed by atoms with van der Waals surface area (Å²) in [4.78, 5) is 0. The normalized spacial score (nSPS) is 10.8. The largest absolute Gasteiger partial charge is 1.00 e. The molecule has 0 atom stereocenters. The number of ether oxygens (including phenoxy) is 1. The summed E-state index contributed by atoms with van der Waals surface area (Å²) in [5, 5.41) is 0. The van der Waals surface area contributed by atoms with Crippen molar-refractivity contribution in [3.05, 3.63) is 121 Å². The Morgan fingerprint density at radius 1 is 0.552 bits per heavy atom. The molecule has 0 heterocycles. The van der Waals surface area contributed by atoms with E-state index in [-0.39, 0.29) is 12.4 Å². The highest BCUT2D eigenvalue weighted by Gasteiger charge is 2.36. The van der Waals surface area contributed by atoms with Crippen molar-refractivity contribution in [1.82, 2.24) is 4.48 Å². The first-order valence-corrected chi connectivity index (χ1v) is 9.51. The molecule has 4 aromatic rings. The fourth-order valence-corrected chi connectivity index (χ4v) is 3.77. The van der Waals surface area contributed by atoms with Gasteiger partial charge in [-0.2, -0.15) is 0 Å². The zero-order valence-electron chi connectivity index (χ0n) is 16.4. The highest BCUT2D eigenvalue weighted by atomic mass is 35.5. The molecular weight excluding hydrogens is 378 g/mol. The Morgan fingerprint density at radius 3 is 1.28 bits per heavy atom. The first-order valence-electron chi connectivity index (χ1n) is 9.51. The Bertz CT molecular complexity index is 906. The van der Waals surface area contributed by atoms with Crippen LogP contribution in [-0.2, 0) is 6.54 Å². The second kappa shape index (κ2) is 9.42. The molecule has 0 bridgehead atoms. The van der Waals surface area contributed by atoms with Crippen LogP contribution >= 0.6 is 0 Å². The van der Waals surface area contributed by atoms with Gasteiger partial charge in [0, 0.05) is 5.56 Å². The zero-order valence-corrected chi connectivity index (χ0v) is 17.2. The molecule has 0 saturated carbocycles. The first-order chi connectivity index (χ1) is 13.8. The van der Waals surface area contributed by atoms with Crippen LogP contribution in [0.3, 0.4) is 0 Å². The van der Waals surface area contributed by atoms with Gasteiger partial charge in [-0.1, -0.05) is 54.6 Å². The van der Waals surface area contributed by atoms with Gasteiger partial charge in [0.15, 0.2) is 0 Å². The lowest BCUT2D eigenvalue weighted by atomic mass is 10.1. The summed E-state index contributed by atoms with van der Waals surface area (Å²) in [7, 11) is 1.70. The molecule has 0 aliphatic rings. The van der Waals surface area contributed by atoms with Gasteiger partial charge in [0.05, 0.1) is 7.11 Å². The topological polar surface area (TPSA) is 9.23 Å². The van der Waals surface area contributed by atoms with Gasteiger partial charge in [-0.3, -0.25) is 0 Å². The van der Waals surface area contributed by atoms with Gasteiger partial charge < -0.3 is 17.1 Å². The number of halogens is 1. The van der Waals surface area contributed by atoms with Crippen molar-refractivity contribution in [3.63, 3.8) is 0 Å². The van der Waals surface area contributed by atoms with Crippen LogP contribution < -0.4 is 21.6 Å². The van der Waals surface area contributed by atoms with E-state index in [1.165, 1.54) is 22.6 Å². The van der Waals surface area contributed by atoms with Crippen molar-refractivity contribution in [1.29, 1.82) is 0 Å². The fourth-order valence-electron chi connectivity index (χ4n) is 3.77. The van der Waals surface area contributed by atoms with Crippen LogP contribution in [-0.4, -0.2) is 7.11 Å². The highest BCUT2D eigenvalue weighted by molar-refractivity contribution is 5.70. The van der Waals surface area contributed by atoms with E-state index >= 15 is 0 Å². The van der Waals surface area contributed by atoms with Crippen LogP contribution in [0.15, 0.2) is 115 Å². The summed E-state index contributed by atoms with van der Waals surface area (Å²) in [5.41, 5.74) is 4.94. The van der Waals surface area contributed by atoms with Crippen molar-refractivity contribution >= 4 is 17.1 Å². The quantitative estimate of drug-likeness (QED) is 0.446. The molecule has 3 heteroatoms. The minimum absolute atomic E-state index is 0. The molecule has 0 aromatic heterocycles. The molecular formula is C26H24ClNO. The monoisotopic (exact) mass is 401 g/mol. The molecule has 0 radical (unpaired) electrons. The second-order valence-electron chi connectivity index (χ2n) is 6.82. The minimum Gasteiger partial charge on any atom is -1.00 e.